The fourth-order valence-corrected chi connectivity index (χ4v) is 6.12. The second-order valence-corrected chi connectivity index (χ2v) is 11.5. The maximum absolute atomic E-state index is 13.2. The average Bonchev–Trinajstić information content (AvgIpc) is 3.22. The Morgan fingerprint density at radius 2 is 1.88 bits per heavy atom. The molecule has 0 aliphatic heterocycles. The van der Waals surface area contributed by atoms with E-state index < -0.39 is 15.9 Å². The van der Waals surface area contributed by atoms with E-state index in [4.69, 9.17) is 16.1 Å². The number of nitrogens with one attached hydrogen (secondary N) is 2. The number of anilines is 2. The van der Waals surface area contributed by atoms with Crippen LogP contribution >= 0.6 is 22.9 Å². The molecule has 0 radical (unpaired) electrons. The summed E-state index contributed by atoms with van der Waals surface area (Å²) in [5.74, 6) is -0.278. The van der Waals surface area contributed by atoms with Crippen LogP contribution in [0.5, 0.6) is 0 Å². The van der Waals surface area contributed by atoms with Gasteiger partial charge < -0.3 is 9.84 Å². The maximum Gasteiger partial charge on any atom is 0.267 e. The highest BCUT2D eigenvalue weighted by atomic mass is 35.5. The molecule has 0 fully saturated rings. The minimum atomic E-state index is -4.13. The van der Waals surface area contributed by atoms with Crippen molar-refractivity contribution in [3.05, 3.63) is 55.4 Å². The van der Waals surface area contributed by atoms with E-state index in [9.17, 15) is 13.2 Å². The minimum absolute atomic E-state index is 0.0696. The van der Waals surface area contributed by atoms with Crippen molar-refractivity contribution in [1.29, 1.82) is 0 Å². The van der Waals surface area contributed by atoms with Crippen LogP contribution < -0.4 is 10.0 Å². The SMILES string of the molecule is Cc1cc(C)c(NC(=O)c2sc(C)cc2S(=O)(=O)Nc2onc(C)c2Cl)c(CC(C)C)c1. The number of benzene rings is 1. The molecule has 172 valence electrons. The summed E-state index contributed by atoms with van der Waals surface area (Å²) in [5.41, 5.74) is 4.12. The number of carbonyl (C=O) groups is 1. The molecule has 0 saturated carbocycles. The number of aryl methyl sites for hydroxylation is 4. The third-order valence-corrected chi connectivity index (χ3v) is 7.74. The molecular weight excluding hydrogens is 470 g/mol. The van der Waals surface area contributed by atoms with Crippen molar-refractivity contribution in [3.63, 3.8) is 0 Å². The first kappa shape index (κ1) is 24.3. The van der Waals surface area contributed by atoms with Crippen LogP contribution in [0.1, 0.15) is 50.8 Å². The first-order chi connectivity index (χ1) is 14.9. The quantitative estimate of drug-likeness (QED) is 0.426. The summed E-state index contributed by atoms with van der Waals surface area (Å²) < 4.78 is 33.4. The van der Waals surface area contributed by atoms with Gasteiger partial charge in [-0.2, -0.15) is 0 Å². The van der Waals surface area contributed by atoms with Crippen molar-refractivity contribution in [2.45, 2.75) is 52.9 Å². The monoisotopic (exact) mass is 495 g/mol. The maximum atomic E-state index is 13.2. The molecule has 3 aromatic rings. The van der Waals surface area contributed by atoms with Gasteiger partial charge in [0, 0.05) is 10.6 Å². The molecule has 1 amide bonds. The second-order valence-electron chi connectivity index (χ2n) is 8.24. The standard InChI is InChI=1S/C22H26ClN3O4S2/c1-11(2)7-16-9-12(3)8-13(4)19(16)24-21(27)20-17(10-14(5)31-20)32(28,29)26-22-18(23)15(6)25-30-22/h8-11,26H,7H2,1-6H3,(H,24,27). The van der Waals surface area contributed by atoms with E-state index in [-0.39, 0.29) is 20.7 Å². The zero-order valence-electron chi connectivity index (χ0n) is 18.8. The molecular formula is C22H26ClN3O4S2. The van der Waals surface area contributed by atoms with Gasteiger partial charge in [0.15, 0.2) is 0 Å². The molecule has 0 spiro atoms. The highest BCUT2D eigenvalue weighted by Crippen LogP contribution is 2.33. The highest BCUT2D eigenvalue weighted by molar-refractivity contribution is 7.93. The number of thiophene rings is 1. The molecule has 0 unspecified atom stereocenters. The van der Waals surface area contributed by atoms with Crippen LogP contribution in [0.2, 0.25) is 5.02 Å². The Labute approximate surface area is 197 Å². The van der Waals surface area contributed by atoms with E-state index in [0.717, 1.165) is 34.4 Å². The topological polar surface area (TPSA) is 101 Å². The lowest BCUT2D eigenvalue weighted by Gasteiger charge is -2.17. The molecule has 0 aliphatic carbocycles. The van der Waals surface area contributed by atoms with E-state index in [2.05, 4.69) is 35.1 Å². The predicted octanol–water partition coefficient (Wildman–Crippen LogP) is 5.87. The summed E-state index contributed by atoms with van der Waals surface area (Å²) in [7, 11) is -4.13. The molecule has 2 heterocycles. The van der Waals surface area contributed by atoms with Crippen molar-refractivity contribution in [2.75, 3.05) is 10.0 Å². The fourth-order valence-electron chi connectivity index (χ4n) is 3.45. The van der Waals surface area contributed by atoms with Gasteiger partial charge >= 0.3 is 0 Å². The number of rotatable bonds is 7. The van der Waals surface area contributed by atoms with Crippen LogP contribution in [0.3, 0.4) is 0 Å². The smallest absolute Gasteiger partial charge is 0.267 e. The molecule has 0 aliphatic rings. The van der Waals surface area contributed by atoms with Crippen LogP contribution in [0.4, 0.5) is 11.6 Å². The second kappa shape index (κ2) is 9.25. The number of hydrogen-bond donors (Lipinski definition) is 2. The average molecular weight is 496 g/mol. The third-order valence-electron chi connectivity index (χ3n) is 4.76. The Bertz CT molecular complexity index is 1280. The van der Waals surface area contributed by atoms with E-state index >= 15 is 0 Å². The Morgan fingerprint density at radius 3 is 2.47 bits per heavy atom. The van der Waals surface area contributed by atoms with E-state index in [1.54, 1.807) is 13.8 Å². The van der Waals surface area contributed by atoms with Gasteiger partial charge in [0.2, 0.25) is 0 Å². The normalized spacial score (nSPS) is 11.8. The Morgan fingerprint density at radius 1 is 1.19 bits per heavy atom. The van der Waals surface area contributed by atoms with Gasteiger partial charge in [0.05, 0.1) is 0 Å². The van der Waals surface area contributed by atoms with Crippen molar-refractivity contribution < 1.29 is 17.7 Å². The summed E-state index contributed by atoms with van der Waals surface area (Å²) in [4.78, 5) is 13.9. The first-order valence-electron chi connectivity index (χ1n) is 10.1. The van der Waals surface area contributed by atoms with Gasteiger partial charge in [0.25, 0.3) is 21.8 Å². The minimum Gasteiger partial charge on any atom is -0.336 e. The van der Waals surface area contributed by atoms with Crippen LogP contribution in [0.25, 0.3) is 0 Å². The van der Waals surface area contributed by atoms with E-state index in [1.807, 2.05) is 19.9 Å². The Kier molecular flexibility index (Phi) is 7.02. The number of aromatic nitrogens is 1. The molecule has 1 aromatic carbocycles. The van der Waals surface area contributed by atoms with Crippen molar-refractivity contribution >= 4 is 50.4 Å². The van der Waals surface area contributed by atoms with Crippen LogP contribution in [-0.4, -0.2) is 19.5 Å². The number of sulfonamides is 1. The van der Waals surface area contributed by atoms with Gasteiger partial charge in [0.1, 0.15) is 20.5 Å². The lowest BCUT2D eigenvalue weighted by Crippen LogP contribution is -2.19. The summed E-state index contributed by atoms with van der Waals surface area (Å²) in [5, 5.41) is 6.67. The third kappa shape index (κ3) is 5.16. The predicted molar refractivity (Wildman–Crippen MR) is 129 cm³/mol. The van der Waals surface area contributed by atoms with Gasteiger partial charge in [-0.1, -0.05) is 48.3 Å². The largest absolute Gasteiger partial charge is 0.336 e. The number of halogens is 1. The summed E-state index contributed by atoms with van der Waals surface area (Å²) >= 11 is 7.15. The van der Waals surface area contributed by atoms with E-state index in [0.29, 0.717) is 22.2 Å². The van der Waals surface area contributed by atoms with E-state index in [1.165, 1.54) is 6.07 Å². The molecule has 2 N–H and O–H groups in total. The molecule has 32 heavy (non-hydrogen) atoms. The Hall–Kier alpha value is -2.36. The highest BCUT2D eigenvalue weighted by Gasteiger charge is 2.28. The van der Waals surface area contributed by atoms with Gasteiger partial charge in [-0.3, -0.25) is 4.79 Å². The number of amides is 1. The molecule has 0 atom stereocenters. The summed E-state index contributed by atoms with van der Waals surface area (Å²) in [6, 6.07) is 5.50. The van der Waals surface area contributed by atoms with Gasteiger partial charge in [-0.05, 0) is 57.2 Å². The molecule has 0 bridgehead atoms. The first-order valence-corrected chi connectivity index (χ1v) is 12.7. The zero-order valence-corrected chi connectivity index (χ0v) is 21.2. The molecule has 0 saturated heterocycles. The van der Waals surface area contributed by atoms with Gasteiger partial charge in [-0.15, -0.1) is 11.3 Å². The summed E-state index contributed by atoms with van der Waals surface area (Å²) in [6.07, 6.45) is 0.789. The zero-order chi connectivity index (χ0) is 23.8. The van der Waals surface area contributed by atoms with Crippen molar-refractivity contribution in [3.8, 4) is 0 Å². The van der Waals surface area contributed by atoms with Crippen molar-refractivity contribution in [1.82, 2.24) is 5.16 Å². The van der Waals surface area contributed by atoms with Crippen molar-refractivity contribution in [2.24, 2.45) is 5.92 Å². The number of carbonyl (C=O) groups excluding carboxylic acids is 1. The Balaban J connectivity index is 1.97. The number of hydrogen-bond acceptors (Lipinski definition) is 6. The van der Waals surface area contributed by atoms with Crippen LogP contribution in [0, 0.1) is 33.6 Å². The molecule has 10 heteroatoms. The van der Waals surface area contributed by atoms with Crippen LogP contribution in [0.15, 0.2) is 27.6 Å². The van der Waals surface area contributed by atoms with Gasteiger partial charge in [-0.25, -0.2) is 13.1 Å². The fraction of sp³-hybridized carbons (Fsp3) is 0.364. The molecule has 3 rings (SSSR count). The van der Waals surface area contributed by atoms with Crippen LogP contribution in [-0.2, 0) is 16.4 Å². The lowest BCUT2D eigenvalue weighted by atomic mass is 9.96. The molecule has 2 aromatic heterocycles. The summed E-state index contributed by atoms with van der Waals surface area (Å²) in [6.45, 7) is 11.5. The number of nitrogens with zero attached hydrogens (tertiary/aromatic N) is 1. The molecule has 7 nitrogen and oxygen atoms in total. The lowest BCUT2D eigenvalue weighted by molar-refractivity contribution is 0.102.